The summed E-state index contributed by atoms with van der Waals surface area (Å²) in [7, 11) is 0. The normalized spacial score (nSPS) is 11.8. The molecule has 2 aromatic carbocycles. The summed E-state index contributed by atoms with van der Waals surface area (Å²) in [5.41, 5.74) is -0.898. The van der Waals surface area contributed by atoms with E-state index in [9.17, 15) is 22.8 Å². The Balaban J connectivity index is 1.83. The number of para-hydroxylation sites is 2. The topological polar surface area (TPSA) is 64.0 Å². The van der Waals surface area contributed by atoms with E-state index in [4.69, 9.17) is 0 Å². The van der Waals surface area contributed by atoms with Crippen LogP contribution >= 0.6 is 11.8 Å². The van der Waals surface area contributed by atoms with Gasteiger partial charge in [-0.3, -0.25) is 14.2 Å². The molecule has 0 aliphatic rings. The van der Waals surface area contributed by atoms with Crippen molar-refractivity contribution in [3.63, 3.8) is 0 Å². The van der Waals surface area contributed by atoms with Crippen LogP contribution in [-0.4, -0.2) is 21.2 Å². The average molecular weight is 449 g/mol. The lowest BCUT2D eigenvalue weighted by atomic mass is 10.1. The minimum atomic E-state index is -4.58. The van der Waals surface area contributed by atoms with Crippen LogP contribution in [0.5, 0.6) is 0 Å². The monoisotopic (exact) mass is 449 g/mol. The highest BCUT2D eigenvalue weighted by atomic mass is 32.2. The second-order valence-electron chi connectivity index (χ2n) is 7.43. The number of thioether (sulfide) groups is 1. The van der Waals surface area contributed by atoms with Gasteiger partial charge in [0.1, 0.15) is 0 Å². The Kier molecular flexibility index (Phi) is 7.04. The SMILES string of the molecule is CC(C)CCn1c(SCC(=O)Nc2ccccc2C(F)(F)F)nc2ccccc2c1=O. The number of hydrogen-bond donors (Lipinski definition) is 1. The summed E-state index contributed by atoms with van der Waals surface area (Å²) in [6, 6.07) is 11.7. The molecular weight excluding hydrogens is 427 g/mol. The number of carbonyl (C=O) groups is 1. The standard InChI is InChI=1S/C22H22F3N3O2S/c1-14(2)11-12-28-20(30)15-7-3-5-9-17(15)27-21(28)31-13-19(29)26-18-10-6-4-8-16(18)22(23,24)25/h3-10,14H,11-13H2,1-2H3,(H,26,29). The fourth-order valence-corrected chi connectivity index (χ4v) is 3.82. The van der Waals surface area contributed by atoms with Gasteiger partial charge in [-0.05, 0) is 36.6 Å². The molecule has 0 spiro atoms. The van der Waals surface area contributed by atoms with E-state index < -0.39 is 17.6 Å². The molecule has 0 fully saturated rings. The molecule has 9 heteroatoms. The van der Waals surface area contributed by atoms with Crippen LogP contribution in [0.25, 0.3) is 10.9 Å². The van der Waals surface area contributed by atoms with Crippen molar-refractivity contribution in [2.24, 2.45) is 5.92 Å². The van der Waals surface area contributed by atoms with E-state index in [1.165, 1.54) is 22.8 Å². The first-order valence-electron chi connectivity index (χ1n) is 9.75. The Bertz CT molecular complexity index is 1140. The first-order chi connectivity index (χ1) is 14.7. The molecular formula is C22H22F3N3O2S. The van der Waals surface area contributed by atoms with Gasteiger partial charge in [0.15, 0.2) is 5.16 Å². The number of amides is 1. The van der Waals surface area contributed by atoms with Crippen molar-refractivity contribution in [2.75, 3.05) is 11.1 Å². The van der Waals surface area contributed by atoms with Gasteiger partial charge in [-0.1, -0.05) is 49.9 Å². The maximum Gasteiger partial charge on any atom is 0.418 e. The van der Waals surface area contributed by atoms with Gasteiger partial charge in [-0.25, -0.2) is 4.98 Å². The van der Waals surface area contributed by atoms with E-state index in [1.807, 2.05) is 13.8 Å². The summed E-state index contributed by atoms with van der Waals surface area (Å²) in [6.07, 6.45) is -3.83. The number of halogens is 3. The molecule has 5 nitrogen and oxygen atoms in total. The highest BCUT2D eigenvalue weighted by Crippen LogP contribution is 2.34. The Morgan fingerprint density at radius 1 is 1.13 bits per heavy atom. The summed E-state index contributed by atoms with van der Waals surface area (Å²) < 4.78 is 41.0. The molecule has 1 aromatic heterocycles. The van der Waals surface area contributed by atoms with E-state index in [-0.39, 0.29) is 17.0 Å². The second-order valence-corrected chi connectivity index (χ2v) is 8.37. The third kappa shape index (κ3) is 5.66. The van der Waals surface area contributed by atoms with Gasteiger partial charge in [0.2, 0.25) is 5.91 Å². The van der Waals surface area contributed by atoms with Crippen molar-refractivity contribution < 1.29 is 18.0 Å². The zero-order valence-corrected chi connectivity index (χ0v) is 17.9. The van der Waals surface area contributed by atoms with Crippen LogP contribution in [0.2, 0.25) is 0 Å². The third-order valence-corrected chi connectivity index (χ3v) is 5.57. The van der Waals surface area contributed by atoms with E-state index in [0.717, 1.165) is 24.2 Å². The van der Waals surface area contributed by atoms with E-state index in [1.54, 1.807) is 24.3 Å². The van der Waals surface area contributed by atoms with E-state index in [2.05, 4.69) is 10.3 Å². The van der Waals surface area contributed by atoms with Crippen molar-refractivity contribution in [1.82, 2.24) is 9.55 Å². The first kappa shape index (κ1) is 22.9. The van der Waals surface area contributed by atoms with Gasteiger partial charge in [0.05, 0.1) is 27.9 Å². The molecule has 0 aliphatic heterocycles. The van der Waals surface area contributed by atoms with Crippen LogP contribution in [0.3, 0.4) is 0 Å². The average Bonchev–Trinajstić information content (AvgIpc) is 2.71. The molecule has 164 valence electrons. The number of benzene rings is 2. The van der Waals surface area contributed by atoms with E-state index in [0.29, 0.717) is 28.5 Å². The number of alkyl halides is 3. The smallest absolute Gasteiger partial charge is 0.325 e. The Morgan fingerprint density at radius 2 is 1.81 bits per heavy atom. The van der Waals surface area contributed by atoms with Crippen molar-refractivity contribution in [2.45, 2.75) is 38.1 Å². The zero-order valence-electron chi connectivity index (χ0n) is 17.1. The summed E-state index contributed by atoms with van der Waals surface area (Å²) in [5.74, 6) is -0.434. The van der Waals surface area contributed by atoms with Gasteiger partial charge < -0.3 is 5.32 Å². The van der Waals surface area contributed by atoms with Gasteiger partial charge in [0.25, 0.3) is 5.56 Å². The minimum Gasteiger partial charge on any atom is -0.325 e. The lowest BCUT2D eigenvalue weighted by Crippen LogP contribution is -2.25. The molecule has 1 amide bonds. The number of anilines is 1. The van der Waals surface area contributed by atoms with Crippen LogP contribution < -0.4 is 10.9 Å². The summed E-state index contributed by atoms with van der Waals surface area (Å²) in [4.78, 5) is 29.8. The molecule has 0 saturated carbocycles. The Morgan fingerprint density at radius 3 is 2.52 bits per heavy atom. The van der Waals surface area contributed by atoms with Crippen LogP contribution in [0, 0.1) is 5.92 Å². The molecule has 3 rings (SSSR count). The molecule has 0 radical (unpaired) electrons. The molecule has 1 N–H and O–H groups in total. The minimum absolute atomic E-state index is 0.182. The van der Waals surface area contributed by atoms with Gasteiger partial charge in [-0.15, -0.1) is 0 Å². The van der Waals surface area contributed by atoms with E-state index >= 15 is 0 Å². The van der Waals surface area contributed by atoms with Gasteiger partial charge in [0, 0.05) is 6.54 Å². The second kappa shape index (κ2) is 9.55. The molecule has 0 aliphatic carbocycles. The first-order valence-corrected chi connectivity index (χ1v) is 10.7. The summed E-state index contributed by atoms with van der Waals surface area (Å²) in [6.45, 7) is 4.52. The summed E-state index contributed by atoms with van der Waals surface area (Å²) in [5, 5.41) is 3.16. The largest absolute Gasteiger partial charge is 0.418 e. The van der Waals surface area contributed by atoms with Crippen molar-refractivity contribution >= 4 is 34.3 Å². The highest BCUT2D eigenvalue weighted by molar-refractivity contribution is 7.99. The molecule has 0 atom stereocenters. The number of nitrogens with one attached hydrogen (secondary N) is 1. The number of fused-ring (bicyclic) bond motifs is 1. The molecule has 0 unspecified atom stereocenters. The third-order valence-electron chi connectivity index (χ3n) is 4.60. The molecule has 0 bridgehead atoms. The lowest BCUT2D eigenvalue weighted by molar-refractivity contribution is -0.137. The number of nitrogens with zero attached hydrogens (tertiary/aromatic N) is 2. The fourth-order valence-electron chi connectivity index (χ4n) is 3.00. The van der Waals surface area contributed by atoms with Gasteiger partial charge >= 0.3 is 6.18 Å². The van der Waals surface area contributed by atoms with Crippen LogP contribution in [0.1, 0.15) is 25.8 Å². The van der Waals surface area contributed by atoms with Crippen molar-refractivity contribution in [3.05, 3.63) is 64.4 Å². The molecule has 1 heterocycles. The van der Waals surface area contributed by atoms with Gasteiger partial charge in [-0.2, -0.15) is 13.2 Å². The predicted octanol–water partition coefficient (Wildman–Crippen LogP) is 5.19. The number of hydrogen-bond acceptors (Lipinski definition) is 4. The molecule has 0 saturated heterocycles. The van der Waals surface area contributed by atoms with Crippen LogP contribution in [0.4, 0.5) is 18.9 Å². The predicted molar refractivity (Wildman–Crippen MR) is 116 cm³/mol. The number of carbonyl (C=O) groups excluding carboxylic acids is 1. The maximum atomic E-state index is 13.1. The zero-order chi connectivity index (χ0) is 22.6. The van der Waals surface area contributed by atoms with Crippen molar-refractivity contribution in [1.29, 1.82) is 0 Å². The molecule has 31 heavy (non-hydrogen) atoms. The highest BCUT2D eigenvalue weighted by Gasteiger charge is 2.33. The lowest BCUT2D eigenvalue weighted by Gasteiger charge is -2.15. The summed E-state index contributed by atoms with van der Waals surface area (Å²) >= 11 is 1.03. The van der Waals surface area contributed by atoms with Crippen LogP contribution in [0.15, 0.2) is 58.5 Å². The Hall–Kier alpha value is -2.81. The fraction of sp³-hybridized carbons (Fsp3) is 0.318. The molecule has 3 aromatic rings. The maximum absolute atomic E-state index is 13.1. The Labute approximate surface area is 181 Å². The quantitative estimate of drug-likeness (QED) is 0.398. The number of aromatic nitrogens is 2. The van der Waals surface area contributed by atoms with Crippen LogP contribution in [-0.2, 0) is 17.5 Å². The number of rotatable bonds is 7. The van der Waals surface area contributed by atoms with Crippen molar-refractivity contribution in [3.8, 4) is 0 Å².